The van der Waals surface area contributed by atoms with Crippen molar-refractivity contribution in [1.82, 2.24) is 15.6 Å². The quantitative estimate of drug-likeness (QED) is 0.791. The van der Waals surface area contributed by atoms with Crippen LogP contribution in [0.3, 0.4) is 0 Å². The topological polar surface area (TPSA) is 37.0 Å². The van der Waals surface area contributed by atoms with Gasteiger partial charge in [-0.25, -0.2) is 4.98 Å². The molecule has 0 amide bonds. The lowest BCUT2D eigenvalue weighted by Gasteiger charge is -2.23. The molecule has 14 heavy (non-hydrogen) atoms. The number of nitrogens with zero attached hydrogens (tertiary/aromatic N) is 1. The summed E-state index contributed by atoms with van der Waals surface area (Å²) in [6, 6.07) is 0.693. The van der Waals surface area contributed by atoms with Gasteiger partial charge < -0.3 is 10.6 Å². The van der Waals surface area contributed by atoms with Crippen molar-refractivity contribution in [3.63, 3.8) is 0 Å². The van der Waals surface area contributed by atoms with Crippen LogP contribution < -0.4 is 10.6 Å². The third-order valence-electron chi connectivity index (χ3n) is 2.57. The molecule has 3 nitrogen and oxygen atoms in total. The number of aromatic nitrogens is 1. The molecule has 2 rings (SSSR count). The van der Waals surface area contributed by atoms with E-state index >= 15 is 0 Å². The number of hydrogen-bond acceptors (Lipinski definition) is 4. The van der Waals surface area contributed by atoms with E-state index in [-0.39, 0.29) is 0 Å². The van der Waals surface area contributed by atoms with E-state index in [1.165, 1.54) is 17.7 Å². The Hall–Kier alpha value is -0.450. The van der Waals surface area contributed by atoms with E-state index in [0.29, 0.717) is 6.04 Å². The zero-order valence-corrected chi connectivity index (χ0v) is 9.36. The Morgan fingerprint density at radius 1 is 1.57 bits per heavy atom. The molecule has 1 fully saturated rings. The Bertz CT molecular complexity index is 279. The largest absolute Gasteiger partial charge is 0.317 e. The second kappa shape index (κ2) is 4.87. The van der Waals surface area contributed by atoms with Crippen molar-refractivity contribution in [3.8, 4) is 0 Å². The maximum absolute atomic E-state index is 4.25. The number of nitrogens with one attached hydrogen (secondary N) is 2. The van der Waals surface area contributed by atoms with Gasteiger partial charge in [0.05, 0.1) is 5.01 Å². The van der Waals surface area contributed by atoms with Gasteiger partial charge in [-0.05, 0) is 32.9 Å². The maximum atomic E-state index is 4.25. The number of piperidine rings is 1. The van der Waals surface area contributed by atoms with E-state index < -0.39 is 0 Å². The van der Waals surface area contributed by atoms with Crippen LogP contribution in [0.5, 0.6) is 0 Å². The first kappa shape index (κ1) is 10.1. The molecule has 1 aliphatic heterocycles. The Kier molecular flexibility index (Phi) is 3.50. The number of hydrogen-bond donors (Lipinski definition) is 2. The normalized spacial score (nSPS) is 18.6. The van der Waals surface area contributed by atoms with Gasteiger partial charge in [0.1, 0.15) is 0 Å². The Labute approximate surface area is 88.9 Å². The van der Waals surface area contributed by atoms with Gasteiger partial charge in [0, 0.05) is 23.7 Å². The Balaban J connectivity index is 1.76. The van der Waals surface area contributed by atoms with E-state index in [1.807, 2.05) is 6.20 Å². The molecule has 2 heterocycles. The zero-order chi connectivity index (χ0) is 9.80. The van der Waals surface area contributed by atoms with Gasteiger partial charge in [-0.1, -0.05) is 0 Å². The smallest absolute Gasteiger partial charge is 0.0897 e. The standard InChI is InChI=1S/C10H17N3S/c1-8-12-6-10(14-8)7-13-9-2-4-11-5-3-9/h6,9,11,13H,2-5,7H2,1H3. The highest BCUT2D eigenvalue weighted by atomic mass is 32.1. The van der Waals surface area contributed by atoms with Crippen molar-refractivity contribution < 1.29 is 0 Å². The van der Waals surface area contributed by atoms with Crippen molar-refractivity contribution in [1.29, 1.82) is 0 Å². The van der Waals surface area contributed by atoms with Crippen LogP contribution in [0.1, 0.15) is 22.7 Å². The molecule has 0 aliphatic carbocycles. The molecule has 1 aromatic rings. The highest BCUT2D eigenvalue weighted by molar-refractivity contribution is 7.11. The molecular formula is C10H17N3S. The highest BCUT2D eigenvalue weighted by Crippen LogP contribution is 2.12. The van der Waals surface area contributed by atoms with E-state index in [9.17, 15) is 0 Å². The lowest BCUT2D eigenvalue weighted by atomic mass is 10.1. The summed E-state index contributed by atoms with van der Waals surface area (Å²) < 4.78 is 0. The third-order valence-corrected chi connectivity index (χ3v) is 3.49. The van der Waals surface area contributed by atoms with Crippen molar-refractivity contribution in [3.05, 3.63) is 16.1 Å². The average molecular weight is 211 g/mol. The van der Waals surface area contributed by atoms with Gasteiger partial charge in [0.25, 0.3) is 0 Å². The summed E-state index contributed by atoms with van der Waals surface area (Å²) in [5.74, 6) is 0. The fourth-order valence-corrected chi connectivity index (χ4v) is 2.50. The van der Waals surface area contributed by atoms with E-state index in [4.69, 9.17) is 0 Å². The van der Waals surface area contributed by atoms with Crippen LogP contribution in [-0.4, -0.2) is 24.1 Å². The van der Waals surface area contributed by atoms with Gasteiger partial charge in [0.15, 0.2) is 0 Å². The number of thiazole rings is 1. The minimum absolute atomic E-state index is 0.693. The molecule has 1 aromatic heterocycles. The van der Waals surface area contributed by atoms with Crippen molar-refractivity contribution >= 4 is 11.3 Å². The second-order valence-corrected chi connectivity index (χ2v) is 5.07. The first-order valence-electron chi connectivity index (χ1n) is 5.20. The predicted octanol–water partition coefficient (Wildman–Crippen LogP) is 1.29. The molecule has 0 aromatic carbocycles. The van der Waals surface area contributed by atoms with Crippen LogP contribution in [-0.2, 0) is 6.54 Å². The van der Waals surface area contributed by atoms with Gasteiger partial charge in [-0.15, -0.1) is 11.3 Å². The van der Waals surface area contributed by atoms with Gasteiger partial charge in [0.2, 0.25) is 0 Å². The summed E-state index contributed by atoms with van der Waals surface area (Å²) in [6.07, 6.45) is 4.48. The Morgan fingerprint density at radius 2 is 2.36 bits per heavy atom. The summed E-state index contributed by atoms with van der Waals surface area (Å²) in [7, 11) is 0. The fourth-order valence-electron chi connectivity index (χ4n) is 1.76. The maximum Gasteiger partial charge on any atom is 0.0897 e. The molecule has 0 atom stereocenters. The van der Waals surface area contributed by atoms with Crippen LogP contribution in [0.25, 0.3) is 0 Å². The molecule has 0 spiro atoms. The summed E-state index contributed by atoms with van der Waals surface area (Å²) in [6.45, 7) is 5.34. The minimum Gasteiger partial charge on any atom is -0.317 e. The van der Waals surface area contributed by atoms with E-state index in [1.54, 1.807) is 11.3 Å². The molecule has 4 heteroatoms. The molecule has 0 unspecified atom stereocenters. The first-order chi connectivity index (χ1) is 6.84. The molecule has 1 aliphatic rings. The van der Waals surface area contributed by atoms with Gasteiger partial charge >= 0.3 is 0 Å². The van der Waals surface area contributed by atoms with Crippen molar-refractivity contribution in [2.75, 3.05) is 13.1 Å². The van der Waals surface area contributed by atoms with Gasteiger partial charge in [-0.3, -0.25) is 0 Å². The summed E-state index contributed by atoms with van der Waals surface area (Å²) in [5, 5.41) is 8.11. The van der Waals surface area contributed by atoms with Crippen LogP contribution >= 0.6 is 11.3 Å². The lowest BCUT2D eigenvalue weighted by Crippen LogP contribution is -2.39. The molecule has 0 radical (unpaired) electrons. The fraction of sp³-hybridized carbons (Fsp3) is 0.700. The molecular weight excluding hydrogens is 194 g/mol. The average Bonchev–Trinajstić information content (AvgIpc) is 2.63. The molecule has 1 saturated heterocycles. The molecule has 78 valence electrons. The van der Waals surface area contributed by atoms with Crippen molar-refractivity contribution in [2.24, 2.45) is 0 Å². The Morgan fingerprint density at radius 3 is 3.00 bits per heavy atom. The SMILES string of the molecule is Cc1ncc(CNC2CCNCC2)s1. The summed E-state index contributed by atoms with van der Waals surface area (Å²) in [4.78, 5) is 5.59. The second-order valence-electron chi connectivity index (χ2n) is 3.75. The third kappa shape index (κ3) is 2.77. The van der Waals surface area contributed by atoms with E-state index in [0.717, 1.165) is 24.6 Å². The van der Waals surface area contributed by atoms with Gasteiger partial charge in [-0.2, -0.15) is 0 Å². The van der Waals surface area contributed by atoms with Crippen molar-refractivity contribution in [2.45, 2.75) is 32.4 Å². The summed E-state index contributed by atoms with van der Waals surface area (Å²) >= 11 is 1.79. The highest BCUT2D eigenvalue weighted by Gasteiger charge is 2.11. The van der Waals surface area contributed by atoms with E-state index in [2.05, 4.69) is 22.5 Å². The first-order valence-corrected chi connectivity index (χ1v) is 6.01. The van der Waals surface area contributed by atoms with Crippen LogP contribution in [0.2, 0.25) is 0 Å². The summed E-state index contributed by atoms with van der Waals surface area (Å²) in [5.41, 5.74) is 0. The molecule has 0 saturated carbocycles. The number of aryl methyl sites for hydroxylation is 1. The van der Waals surface area contributed by atoms with Crippen LogP contribution in [0.15, 0.2) is 6.20 Å². The monoisotopic (exact) mass is 211 g/mol. The predicted molar refractivity (Wildman–Crippen MR) is 59.6 cm³/mol. The zero-order valence-electron chi connectivity index (χ0n) is 8.55. The lowest BCUT2D eigenvalue weighted by molar-refractivity contribution is 0.387. The molecule has 2 N–H and O–H groups in total. The molecule has 0 bridgehead atoms. The minimum atomic E-state index is 0.693. The number of rotatable bonds is 3. The van der Waals surface area contributed by atoms with Crippen LogP contribution in [0, 0.1) is 6.92 Å². The van der Waals surface area contributed by atoms with Crippen LogP contribution in [0.4, 0.5) is 0 Å².